The van der Waals surface area contributed by atoms with E-state index in [1.807, 2.05) is 30.5 Å². The van der Waals surface area contributed by atoms with Gasteiger partial charge in [-0.05, 0) is 29.4 Å². The third kappa shape index (κ3) is 3.47. The zero-order valence-corrected chi connectivity index (χ0v) is 12.3. The second-order valence-corrected chi connectivity index (χ2v) is 5.32. The largest absolute Gasteiger partial charge is 0.296 e. The van der Waals surface area contributed by atoms with Gasteiger partial charge in [-0.2, -0.15) is 0 Å². The van der Waals surface area contributed by atoms with E-state index in [1.54, 1.807) is 7.05 Å². The van der Waals surface area contributed by atoms with Crippen LogP contribution < -0.4 is 10.6 Å². The molecule has 0 saturated heterocycles. The van der Waals surface area contributed by atoms with Gasteiger partial charge in [-0.25, -0.2) is 4.99 Å². The molecule has 0 amide bonds. The fourth-order valence-electron chi connectivity index (χ4n) is 1.92. The van der Waals surface area contributed by atoms with Crippen molar-refractivity contribution in [2.45, 2.75) is 6.42 Å². The lowest BCUT2D eigenvalue weighted by Crippen LogP contribution is -2.23. The van der Waals surface area contributed by atoms with E-state index in [-0.39, 0.29) is 0 Å². The Kier molecular flexibility index (Phi) is 4.94. The fraction of sp³-hybridized carbons (Fsp3) is 0.118. The van der Waals surface area contributed by atoms with E-state index in [2.05, 4.69) is 41.0 Å². The SMILES string of the molecule is C=C=C/C1=C(\C=N/C)C/C=c2/cccc/c2=N/C(=C)S1. The van der Waals surface area contributed by atoms with E-state index in [9.17, 15) is 0 Å². The molecule has 100 valence electrons. The number of hydrogen-bond acceptors (Lipinski definition) is 3. The molecule has 2 rings (SSSR count). The molecule has 0 spiro atoms. The smallest absolute Gasteiger partial charge is 0.0943 e. The zero-order chi connectivity index (χ0) is 14.4. The summed E-state index contributed by atoms with van der Waals surface area (Å²) < 4.78 is 0. The lowest BCUT2D eigenvalue weighted by Gasteiger charge is -2.05. The highest BCUT2D eigenvalue weighted by atomic mass is 32.2. The number of aliphatic imine (C=N–C) groups is 1. The van der Waals surface area contributed by atoms with Crippen molar-refractivity contribution in [1.82, 2.24) is 0 Å². The molecule has 1 heterocycles. The van der Waals surface area contributed by atoms with Crippen LogP contribution in [0, 0.1) is 0 Å². The van der Waals surface area contributed by atoms with Crippen molar-refractivity contribution in [3.05, 3.63) is 75.3 Å². The zero-order valence-electron chi connectivity index (χ0n) is 11.5. The number of benzene rings is 1. The monoisotopic (exact) mass is 280 g/mol. The molecule has 0 bridgehead atoms. The molecule has 2 nitrogen and oxygen atoms in total. The molecule has 0 aliphatic carbocycles. The lowest BCUT2D eigenvalue weighted by atomic mass is 10.1. The van der Waals surface area contributed by atoms with Gasteiger partial charge in [0.1, 0.15) is 0 Å². The molecule has 0 saturated carbocycles. The van der Waals surface area contributed by atoms with Gasteiger partial charge in [0.2, 0.25) is 0 Å². The summed E-state index contributed by atoms with van der Waals surface area (Å²) in [5, 5.41) is 2.80. The van der Waals surface area contributed by atoms with Gasteiger partial charge in [0, 0.05) is 18.2 Å². The quantitative estimate of drug-likeness (QED) is 0.604. The van der Waals surface area contributed by atoms with E-state index in [4.69, 9.17) is 0 Å². The third-order valence-corrected chi connectivity index (χ3v) is 3.71. The Morgan fingerprint density at radius 1 is 1.40 bits per heavy atom. The van der Waals surface area contributed by atoms with Gasteiger partial charge in [-0.3, -0.25) is 4.99 Å². The molecule has 3 heteroatoms. The van der Waals surface area contributed by atoms with Gasteiger partial charge in [-0.15, -0.1) is 5.73 Å². The molecule has 1 aromatic rings. The second-order valence-electron chi connectivity index (χ2n) is 4.20. The van der Waals surface area contributed by atoms with Crippen molar-refractivity contribution < 1.29 is 0 Å². The second kappa shape index (κ2) is 6.90. The van der Waals surface area contributed by atoms with Gasteiger partial charge in [0.05, 0.1) is 10.4 Å². The summed E-state index contributed by atoms with van der Waals surface area (Å²) in [6.45, 7) is 7.67. The summed E-state index contributed by atoms with van der Waals surface area (Å²) in [5.74, 6) is 0. The van der Waals surface area contributed by atoms with Crippen molar-refractivity contribution in [3.63, 3.8) is 0 Å². The van der Waals surface area contributed by atoms with Crippen LogP contribution in [0.2, 0.25) is 0 Å². The molecular formula is C17H16N2S. The van der Waals surface area contributed by atoms with Crippen LogP contribution in [0.1, 0.15) is 6.42 Å². The number of hydrogen-bond donors (Lipinski definition) is 0. The minimum Gasteiger partial charge on any atom is -0.296 e. The number of thioether (sulfide) groups is 1. The van der Waals surface area contributed by atoms with Crippen molar-refractivity contribution in [1.29, 1.82) is 0 Å². The van der Waals surface area contributed by atoms with E-state index < -0.39 is 0 Å². The Morgan fingerprint density at radius 3 is 2.95 bits per heavy atom. The first-order chi connectivity index (χ1) is 9.74. The first-order valence-electron chi connectivity index (χ1n) is 6.26. The molecule has 0 aromatic heterocycles. The summed E-state index contributed by atoms with van der Waals surface area (Å²) in [6.07, 6.45) is 6.67. The summed E-state index contributed by atoms with van der Waals surface area (Å²) in [4.78, 5) is 9.74. The number of para-hydroxylation sites is 1. The molecule has 0 fully saturated rings. The molecule has 20 heavy (non-hydrogen) atoms. The van der Waals surface area contributed by atoms with Gasteiger partial charge in [0.25, 0.3) is 0 Å². The Bertz CT molecular complexity index is 747. The highest BCUT2D eigenvalue weighted by molar-refractivity contribution is 8.06. The van der Waals surface area contributed by atoms with Crippen LogP contribution in [-0.2, 0) is 0 Å². The average molecular weight is 280 g/mol. The van der Waals surface area contributed by atoms with Crippen LogP contribution >= 0.6 is 11.8 Å². The Morgan fingerprint density at radius 2 is 2.20 bits per heavy atom. The predicted molar refractivity (Wildman–Crippen MR) is 88.2 cm³/mol. The summed E-state index contributed by atoms with van der Waals surface area (Å²) in [7, 11) is 1.77. The normalized spacial score (nSPS) is 22.4. The number of rotatable bonds is 2. The maximum absolute atomic E-state index is 4.58. The summed E-state index contributed by atoms with van der Waals surface area (Å²) in [5.41, 5.74) is 3.94. The first-order valence-corrected chi connectivity index (χ1v) is 7.08. The van der Waals surface area contributed by atoms with Crippen molar-refractivity contribution in [3.8, 4) is 0 Å². The summed E-state index contributed by atoms with van der Waals surface area (Å²) in [6, 6.07) is 8.06. The molecule has 0 radical (unpaired) electrons. The van der Waals surface area contributed by atoms with E-state index >= 15 is 0 Å². The third-order valence-electron chi connectivity index (χ3n) is 2.79. The Labute approximate surface area is 123 Å². The van der Waals surface area contributed by atoms with E-state index in [1.165, 1.54) is 11.8 Å². The molecule has 1 aliphatic rings. The van der Waals surface area contributed by atoms with Crippen molar-refractivity contribution in [2.75, 3.05) is 7.05 Å². The van der Waals surface area contributed by atoms with Crippen LogP contribution in [0.5, 0.6) is 0 Å². The van der Waals surface area contributed by atoms with E-state index in [0.717, 1.165) is 32.5 Å². The van der Waals surface area contributed by atoms with Gasteiger partial charge >= 0.3 is 0 Å². The maximum Gasteiger partial charge on any atom is 0.0943 e. The van der Waals surface area contributed by atoms with Gasteiger partial charge in [-0.1, -0.05) is 49.2 Å². The molecule has 1 aromatic carbocycles. The molecule has 0 N–H and O–H groups in total. The van der Waals surface area contributed by atoms with E-state index in [0.29, 0.717) is 0 Å². The first kappa shape index (κ1) is 14.3. The van der Waals surface area contributed by atoms with Crippen LogP contribution in [0.3, 0.4) is 0 Å². The molecule has 0 atom stereocenters. The molecule has 1 aliphatic heterocycles. The molecular weight excluding hydrogens is 264 g/mol. The Balaban J connectivity index is 2.64. The maximum atomic E-state index is 4.58. The van der Waals surface area contributed by atoms with Crippen molar-refractivity contribution >= 4 is 24.1 Å². The van der Waals surface area contributed by atoms with Gasteiger partial charge in [0.15, 0.2) is 0 Å². The van der Waals surface area contributed by atoms with Gasteiger partial charge < -0.3 is 0 Å². The van der Waals surface area contributed by atoms with Crippen molar-refractivity contribution in [2.24, 2.45) is 9.98 Å². The minimum absolute atomic E-state index is 0.747. The fourth-order valence-corrected chi connectivity index (χ4v) is 2.73. The number of fused-ring (bicyclic) bond motifs is 1. The highest BCUT2D eigenvalue weighted by Gasteiger charge is 2.06. The van der Waals surface area contributed by atoms with Crippen LogP contribution in [0.4, 0.5) is 0 Å². The topological polar surface area (TPSA) is 24.7 Å². The highest BCUT2D eigenvalue weighted by Crippen LogP contribution is 2.29. The molecule has 0 unspecified atom stereocenters. The van der Waals surface area contributed by atoms with Crippen LogP contribution in [0.25, 0.3) is 6.08 Å². The number of allylic oxidation sites excluding steroid dienone is 2. The standard InChI is InChI=1S/C17H16N2S/c1-4-7-17-15(12-18-3)11-10-14-8-5-6-9-16(14)19-13(2)20-17/h5-10,12H,1-2,11H2,3H3/b14-10-,17-15+,18-12-,19-16-. The minimum atomic E-state index is 0.747. The average Bonchev–Trinajstić information content (AvgIpc) is 2.49. The van der Waals surface area contributed by atoms with Crippen LogP contribution in [0.15, 0.2) is 74.7 Å². The Hall–Kier alpha value is -2.09. The predicted octanol–water partition coefficient (Wildman–Crippen LogP) is 2.99. The summed E-state index contributed by atoms with van der Waals surface area (Å²) >= 11 is 1.52. The van der Waals surface area contributed by atoms with Crippen LogP contribution in [-0.4, -0.2) is 13.3 Å². The number of nitrogens with zero attached hydrogens (tertiary/aromatic N) is 2. The lowest BCUT2D eigenvalue weighted by molar-refractivity contribution is 1.28.